The van der Waals surface area contributed by atoms with Gasteiger partial charge < -0.3 is 9.80 Å². The van der Waals surface area contributed by atoms with Crippen molar-refractivity contribution in [2.75, 3.05) is 24.5 Å². The number of fused-ring (bicyclic) bond motifs is 4. The minimum absolute atomic E-state index is 0.00864. The van der Waals surface area contributed by atoms with E-state index in [1.165, 1.54) is 37.7 Å². The second-order valence-corrected chi connectivity index (χ2v) is 11.0. The Morgan fingerprint density at radius 3 is 2.47 bits per heavy atom. The van der Waals surface area contributed by atoms with Crippen LogP contribution in [0, 0.1) is 17.7 Å². The molecule has 4 fully saturated rings. The average Bonchev–Trinajstić information content (AvgIpc) is 3.25. The number of benzene rings is 1. The van der Waals surface area contributed by atoms with Gasteiger partial charge in [0.15, 0.2) is 5.78 Å². The van der Waals surface area contributed by atoms with E-state index in [0.29, 0.717) is 12.2 Å². The van der Waals surface area contributed by atoms with Gasteiger partial charge in [-0.25, -0.2) is 4.39 Å². The van der Waals surface area contributed by atoms with E-state index in [4.69, 9.17) is 0 Å². The van der Waals surface area contributed by atoms with Crippen molar-refractivity contribution in [2.24, 2.45) is 11.8 Å². The standard InChI is InChI=1S/C26H35FN2O/c27-20-7-8-23-22(16-20)26(17-29(23)24-3-1-2-4-25(24)30)9-11-28(12-10-26)21-14-18-5-6-19(13-18)15-21/h7-8,16,18-19,21,24H,1-6,9-15,17H2. The maximum absolute atomic E-state index is 14.3. The number of nitrogens with zero attached hydrogens (tertiary/aromatic N) is 2. The molecule has 1 aromatic carbocycles. The van der Waals surface area contributed by atoms with Crippen molar-refractivity contribution in [3.63, 3.8) is 0 Å². The van der Waals surface area contributed by atoms with Crippen LogP contribution >= 0.6 is 0 Å². The fraction of sp³-hybridized carbons (Fsp3) is 0.731. The largest absolute Gasteiger partial charge is 0.360 e. The Morgan fingerprint density at radius 2 is 1.73 bits per heavy atom. The van der Waals surface area contributed by atoms with Crippen molar-refractivity contribution >= 4 is 11.5 Å². The Balaban J connectivity index is 1.24. The minimum Gasteiger partial charge on any atom is -0.360 e. The molecule has 1 aromatic rings. The number of piperidine rings is 1. The molecule has 2 aliphatic heterocycles. The lowest BCUT2D eigenvalue weighted by Crippen LogP contribution is -2.51. The molecule has 0 aromatic heterocycles. The molecule has 2 heterocycles. The van der Waals surface area contributed by atoms with Gasteiger partial charge in [0.05, 0.1) is 6.04 Å². The van der Waals surface area contributed by atoms with Crippen molar-refractivity contribution in [3.05, 3.63) is 29.6 Å². The van der Waals surface area contributed by atoms with Crippen LogP contribution in [0.5, 0.6) is 0 Å². The highest BCUT2D eigenvalue weighted by Crippen LogP contribution is 2.50. The predicted octanol–water partition coefficient (Wildman–Crippen LogP) is 5.07. The highest BCUT2D eigenvalue weighted by atomic mass is 19.1. The maximum atomic E-state index is 14.3. The lowest BCUT2D eigenvalue weighted by Gasteiger charge is -2.45. The molecule has 3 saturated carbocycles. The quantitative estimate of drug-likeness (QED) is 0.680. The number of hydrogen-bond donors (Lipinski definition) is 0. The highest BCUT2D eigenvalue weighted by Gasteiger charge is 2.49. The van der Waals surface area contributed by atoms with Gasteiger partial charge in [0.1, 0.15) is 5.82 Å². The van der Waals surface area contributed by atoms with Crippen LogP contribution < -0.4 is 4.90 Å². The fourth-order valence-electron chi connectivity index (χ4n) is 7.77. The van der Waals surface area contributed by atoms with Crippen LogP contribution in [0.2, 0.25) is 0 Å². The van der Waals surface area contributed by atoms with E-state index < -0.39 is 0 Å². The van der Waals surface area contributed by atoms with Crippen LogP contribution in [0.25, 0.3) is 0 Å². The van der Waals surface area contributed by atoms with Crippen molar-refractivity contribution in [3.8, 4) is 0 Å². The zero-order valence-corrected chi connectivity index (χ0v) is 18.1. The Bertz CT molecular complexity index is 818. The van der Waals surface area contributed by atoms with Crippen LogP contribution in [0.15, 0.2) is 18.2 Å². The third-order valence-electron chi connectivity index (χ3n) is 9.34. The van der Waals surface area contributed by atoms with Crippen molar-refractivity contribution < 1.29 is 9.18 Å². The van der Waals surface area contributed by atoms with Gasteiger partial charge >= 0.3 is 0 Å². The summed E-state index contributed by atoms with van der Waals surface area (Å²) in [7, 11) is 0. The van der Waals surface area contributed by atoms with Gasteiger partial charge in [-0.1, -0.05) is 19.3 Å². The third-order valence-corrected chi connectivity index (χ3v) is 9.34. The number of Topliss-reactive ketones (excluding diaryl/α,β-unsaturated/α-hetero) is 1. The first-order valence-corrected chi connectivity index (χ1v) is 12.4. The van der Waals surface area contributed by atoms with E-state index in [0.717, 1.165) is 75.3 Å². The summed E-state index contributed by atoms with van der Waals surface area (Å²) < 4.78 is 14.3. The third kappa shape index (κ3) is 3.13. The number of anilines is 1. The van der Waals surface area contributed by atoms with Gasteiger partial charge in [0.25, 0.3) is 0 Å². The summed E-state index contributed by atoms with van der Waals surface area (Å²) in [6, 6.07) is 6.11. The molecule has 2 bridgehead atoms. The minimum atomic E-state index is -0.128. The first-order valence-electron chi connectivity index (χ1n) is 12.4. The van der Waals surface area contributed by atoms with E-state index in [-0.39, 0.29) is 17.3 Å². The molecule has 0 radical (unpaired) electrons. The van der Waals surface area contributed by atoms with E-state index in [2.05, 4.69) is 9.80 Å². The van der Waals surface area contributed by atoms with E-state index in [1.54, 1.807) is 12.1 Å². The molecule has 6 rings (SSSR count). The molecule has 5 aliphatic rings. The van der Waals surface area contributed by atoms with Gasteiger partial charge in [-0.05, 0) is 93.6 Å². The summed E-state index contributed by atoms with van der Waals surface area (Å²) in [6.07, 6.45) is 13.2. The van der Waals surface area contributed by atoms with E-state index >= 15 is 0 Å². The van der Waals surface area contributed by atoms with Crippen LogP contribution in [-0.2, 0) is 10.2 Å². The van der Waals surface area contributed by atoms with Gasteiger partial charge in [-0.2, -0.15) is 0 Å². The molecule has 4 heteroatoms. The normalized spacial score (nSPS) is 35.8. The van der Waals surface area contributed by atoms with Gasteiger partial charge in [-0.3, -0.25) is 4.79 Å². The van der Waals surface area contributed by atoms with E-state index in [1.807, 2.05) is 6.07 Å². The number of carbonyl (C=O) groups is 1. The number of ketones is 1. The predicted molar refractivity (Wildman–Crippen MR) is 117 cm³/mol. The Hall–Kier alpha value is -1.42. The monoisotopic (exact) mass is 410 g/mol. The summed E-state index contributed by atoms with van der Waals surface area (Å²) >= 11 is 0. The molecule has 3 nitrogen and oxygen atoms in total. The summed E-state index contributed by atoms with van der Waals surface area (Å²) in [6.45, 7) is 3.17. The van der Waals surface area contributed by atoms with Gasteiger partial charge in [0.2, 0.25) is 0 Å². The molecule has 3 unspecified atom stereocenters. The first kappa shape index (κ1) is 19.3. The summed E-state index contributed by atoms with van der Waals surface area (Å²) in [4.78, 5) is 17.9. The molecule has 0 N–H and O–H groups in total. The van der Waals surface area contributed by atoms with Crippen molar-refractivity contribution in [1.82, 2.24) is 4.90 Å². The Labute approximate surface area is 180 Å². The molecule has 0 amide bonds. The van der Waals surface area contributed by atoms with Gasteiger partial charge in [0, 0.05) is 30.1 Å². The second kappa shape index (κ2) is 7.32. The van der Waals surface area contributed by atoms with Crippen molar-refractivity contribution in [1.29, 1.82) is 0 Å². The molecule has 1 spiro atoms. The second-order valence-electron chi connectivity index (χ2n) is 11.0. The zero-order chi connectivity index (χ0) is 20.3. The Kier molecular flexibility index (Phi) is 4.71. The average molecular weight is 411 g/mol. The van der Waals surface area contributed by atoms with Crippen LogP contribution in [0.1, 0.15) is 76.2 Å². The summed E-state index contributed by atoms with van der Waals surface area (Å²) in [5, 5.41) is 0. The first-order chi connectivity index (χ1) is 14.6. The molecule has 3 aliphatic carbocycles. The fourth-order valence-corrected chi connectivity index (χ4v) is 7.77. The molecule has 162 valence electrons. The lowest BCUT2D eigenvalue weighted by atomic mass is 9.73. The smallest absolute Gasteiger partial charge is 0.155 e. The molecular formula is C26H35FN2O. The molecular weight excluding hydrogens is 375 g/mol. The van der Waals surface area contributed by atoms with Crippen LogP contribution in [0.3, 0.4) is 0 Å². The van der Waals surface area contributed by atoms with E-state index in [9.17, 15) is 9.18 Å². The lowest BCUT2D eigenvalue weighted by molar-refractivity contribution is -0.121. The number of hydrogen-bond acceptors (Lipinski definition) is 3. The number of likely N-dealkylation sites (tertiary alicyclic amines) is 1. The molecule has 3 atom stereocenters. The van der Waals surface area contributed by atoms with Crippen molar-refractivity contribution in [2.45, 2.75) is 88.1 Å². The Morgan fingerprint density at radius 1 is 0.967 bits per heavy atom. The number of carbonyl (C=O) groups excluding carboxylic acids is 1. The zero-order valence-electron chi connectivity index (χ0n) is 18.1. The SMILES string of the molecule is O=C1CCCCC1N1CC2(CCN(C3CC4CCC(C4)C3)CC2)c2cc(F)ccc21. The summed E-state index contributed by atoms with van der Waals surface area (Å²) in [5.74, 6) is 2.21. The molecule has 1 saturated heterocycles. The number of halogens is 1. The summed E-state index contributed by atoms with van der Waals surface area (Å²) in [5.41, 5.74) is 2.35. The maximum Gasteiger partial charge on any atom is 0.155 e. The number of rotatable bonds is 2. The highest BCUT2D eigenvalue weighted by molar-refractivity contribution is 5.89. The molecule has 30 heavy (non-hydrogen) atoms. The van der Waals surface area contributed by atoms with Gasteiger partial charge in [-0.15, -0.1) is 0 Å². The van der Waals surface area contributed by atoms with Crippen LogP contribution in [0.4, 0.5) is 10.1 Å². The van der Waals surface area contributed by atoms with Crippen LogP contribution in [-0.4, -0.2) is 42.4 Å². The topological polar surface area (TPSA) is 23.6 Å².